The highest BCUT2D eigenvalue weighted by atomic mass is 32.2. The molecule has 0 aromatic heterocycles. The highest BCUT2D eigenvalue weighted by molar-refractivity contribution is 7.92. The Morgan fingerprint density at radius 1 is 1.19 bits per heavy atom. The lowest BCUT2D eigenvalue weighted by Gasteiger charge is -2.34. The molecule has 0 unspecified atom stereocenters. The minimum absolute atomic E-state index is 0.0441. The van der Waals surface area contributed by atoms with E-state index in [1.54, 1.807) is 29.2 Å². The van der Waals surface area contributed by atoms with E-state index in [9.17, 15) is 18.0 Å². The number of rotatable bonds is 7. The van der Waals surface area contributed by atoms with Crippen LogP contribution in [0.5, 0.6) is 0 Å². The van der Waals surface area contributed by atoms with Gasteiger partial charge in [0.05, 0.1) is 11.9 Å². The molecular weight excluding hydrogens is 368 g/mol. The summed E-state index contributed by atoms with van der Waals surface area (Å²) in [4.78, 5) is 27.8. The molecule has 1 N–H and O–H groups in total. The third-order valence-electron chi connectivity index (χ3n) is 4.56. The molecule has 1 aliphatic rings. The predicted molar refractivity (Wildman–Crippen MR) is 106 cm³/mol. The molecule has 1 heterocycles. The summed E-state index contributed by atoms with van der Waals surface area (Å²) in [6.07, 6.45) is 1.23. The van der Waals surface area contributed by atoms with Gasteiger partial charge in [0, 0.05) is 51.8 Å². The van der Waals surface area contributed by atoms with E-state index in [0.717, 1.165) is 25.9 Å². The lowest BCUT2D eigenvalue weighted by Crippen LogP contribution is -2.49. The number of anilines is 2. The molecule has 8 nitrogen and oxygen atoms in total. The second-order valence-electron chi connectivity index (χ2n) is 6.63. The van der Waals surface area contributed by atoms with E-state index in [-0.39, 0.29) is 24.8 Å². The summed E-state index contributed by atoms with van der Waals surface area (Å²) in [5, 5.41) is 2.64. The van der Waals surface area contributed by atoms with Crippen molar-refractivity contribution < 1.29 is 18.0 Å². The monoisotopic (exact) mass is 396 g/mol. The van der Waals surface area contributed by atoms with Gasteiger partial charge < -0.3 is 15.1 Å². The van der Waals surface area contributed by atoms with Crippen LogP contribution >= 0.6 is 0 Å². The largest absolute Gasteiger partial charge is 0.340 e. The highest BCUT2D eigenvalue weighted by Crippen LogP contribution is 2.22. The van der Waals surface area contributed by atoms with Crippen LogP contribution in [0.3, 0.4) is 0 Å². The third-order valence-corrected chi connectivity index (χ3v) is 5.75. The molecule has 9 heteroatoms. The quantitative estimate of drug-likeness (QED) is 0.742. The van der Waals surface area contributed by atoms with Gasteiger partial charge in [0.25, 0.3) is 0 Å². The summed E-state index contributed by atoms with van der Waals surface area (Å²) in [5.74, 6) is -0.281. The van der Waals surface area contributed by atoms with Crippen LogP contribution < -0.4 is 9.62 Å². The number of likely N-dealkylation sites (N-methyl/N-ethyl adjacent to an activating group) is 1. The third kappa shape index (κ3) is 6.21. The van der Waals surface area contributed by atoms with Gasteiger partial charge in [-0.3, -0.25) is 13.9 Å². The molecule has 2 rings (SSSR count). The van der Waals surface area contributed by atoms with Gasteiger partial charge in [-0.1, -0.05) is 13.0 Å². The normalized spacial score (nSPS) is 15.4. The molecule has 0 aliphatic carbocycles. The van der Waals surface area contributed by atoms with Gasteiger partial charge in [0.2, 0.25) is 21.8 Å². The van der Waals surface area contributed by atoms with E-state index in [1.807, 2.05) is 0 Å². The van der Waals surface area contributed by atoms with Crippen LogP contribution in [-0.4, -0.2) is 75.6 Å². The van der Waals surface area contributed by atoms with Gasteiger partial charge in [-0.2, -0.15) is 0 Å². The van der Waals surface area contributed by atoms with Crippen LogP contribution in [-0.2, 0) is 19.6 Å². The number of piperazine rings is 1. The van der Waals surface area contributed by atoms with Crippen molar-refractivity contribution in [3.05, 3.63) is 24.3 Å². The van der Waals surface area contributed by atoms with Crippen LogP contribution in [0.4, 0.5) is 11.4 Å². The number of carbonyl (C=O) groups excluding carboxylic acids is 2. The Balaban J connectivity index is 2.05. The first-order chi connectivity index (χ1) is 12.7. The van der Waals surface area contributed by atoms with Crippen molar-refractivity contribution in [3.8, 4) is 0 Å². The molecule has 0 bridgehead atoms. The maximum Gasteiger partial charge on any atom is 0.232 e. The molecule has 1 saturated heterocycles. The van der Waals surface area contributed by atoms with Crippen LogP contribution in [0.2, 0.25) is 0 Å². The van der Waals surface area contributed by atoms with Gasteiger partial charge in [-0.15, -0.1) is 0 Å². The Hall–Kier alpha value is -2.13. The maximum atomic E-state index is 12.5. The van der Waals surface area contributed by atoms with Gasteiger partial charge in [0.1, 0.15) is 0 Å². The summed E-state index contributed by atoms with van der Waals surface area (Å²) in [6, 6.07) is 6.60. The Morgan fingerprint density at radius 2 is 1.85 bits per heavy atom. The number of nitrogens with one attached hydrogen (secondary N) is 1. The Morgan fingerprint density at radius 3 is 2.41 bits per heavy atom. The Bertz CT molecular complexity index is 773. The molecule has 150 valence electrons. The van der Waals surface area contributed by atoms with Gasteiger partial charge in [-0.25, -0.2) is 8.42 Å². The second-order valence-corrected chi connectivity index (χ2v) is 8.54. The van der Waals surface area contributed by atoms with Crippen molar-refractivity contribution >= 4 is 33.2 Å². The van der Waals surface area contributed by atoms with Crippen molar-refractivity contribution in [2.24, 2.45) is 0 Å². The van der Waals surface area contributed by atoms with Gasteiger partial charge >= 0.3 is 0 Å². The molecule has 1 aromatic carbocycles. The number of nitrogens with zero attached hydrogens (tertiary/aromatic N) is 3. The molecule has 27 heavy (non-hydrogen) atoms. The standard InChI is InChI=1S/C18H28N4O4S/c1-4-20-10-12-21(13-11-20)18(24)8-9-22(27(3,25)26)17-7-5-6-16(14-17)19-15(2)23/h5-7,14H,4,8-13H2,1-3H3,(H,19,23). The summed E-state index contributed by atoms with van der Waals surface area (Å²) < 4.78 is 25.7. The zero-order chi connectivity index (χ0) is 20.0. The summed E-state index contributed by atoms with van der Waals surface area (Å²) >= 11 is 0. The SMILES string of the molecule is CCN1CCN(C(=O)CCN(c2cccc(NC(C)=O)c2)S(C)(=O)=O)CC1. The number of amides is 2. The predicted octanol–water partition coefficient (Wildman–Crippen LogP) is 0.965. The minimum atomic E-state index is -3.56. The topological polar surface area (TPSA) is 90.0 Å². The summed E-state index contributed by atoms with van der Waals surface area (Å²) in [7, 11) is -3.56. The lowest BCUT2D eigenvalue weighted by atomic mass is 10.2. The van der Waals surface area contributed by atoms with E-state index in [4.69, 9.17) is 0 Å². The van der Waals surface area contributed by atoms with E-state index < -0.39 is 10.0 Å². The fourth-order valence-corrected chi connectivity index (χ4v) is 4.02. The number of sulfonamides is 1. The molecule has 1 aliphatic heterocycles. The molecule has 1 fully saturated rings. The van der Waals surface area contributed by atoms with Gasteiger partial charge in [0.15, 0.2) is 0 Å². The zero-order valence-corrected chi connectivity index (χ0v) is 17.0. The van der Waals surface area contributed by atoms with E-state index in [2.05, 4.69) is 17.1 Å². The maximum absolute atomic E-state index is 12.5. The molecular formula is C18H28N4O4S. The number of hydrogen-bond acceptors (Lipinski definition) is 5. The average Bonchev–Trinajstić information content (AvgIpc) is 2.60. The van der Waals surface area contributed by atoms with Crippen molar-refractivity contribution in [2.75, 3.05) is 55.1 Å². The fraction of sp³-hybridized carbons (Fsp3) is 0.556. The Labute approximate surface area is 161 Å². The first-order valence-electron chi connectivity index (χ1n) is 9.06. The van der Waals surface area contributed by atoms with Crippen molar-refractivity contribution in [2.45, 2.75) is 20.3 Å². The van der Waals surface area contributed by atoms with Gasteiger partial charge in [-0.05, 0) is 24.7 Å². The summed E-state index contributed by atoms with van der Waals surface area (Å²) in [6.45, 7) is 7.54. The molecule has 0 atom stereocenters. The van der Waals surface area contributed by atoms with Crippen LogP contribution in [0.15, 0.2) is 24.3 Å². The fourth-order valence-electron chi connectivity index (χ4n) is 3.10. The average molecular weight is 397 g/mol. The zero-order valence-electron chi connectivity index (χ0n) is 16.1. The highest BCUT2D eigenvalue weighted by Gasteiger charge is 2.23. The summed E-state index contributed by atoms with van der Waals surface area (Å²) in [5.41, 5.74) is 0.933. The number of hydrogen-bond donors (Lipinski definition) is 1. The molecule has 2 amide bonds. The van der Waals surface area contributed by atoms with Crippen LogP contribution in [0.25, 0.3) is 0 Å². The van der Waals surface area contributed by atoms with E-state index in [1.165, 1.54) is 11.2 Å². The number of carbonyl (C=O) groups is 2. The Kier molecular flexibility index (Phi) is 7.20. The lowest BCUT2D eigenvalue weighted by molar-refractivity contribution is -0.132. The molecule has 0 saturated carbocycles. The molecule has 0 spiro atoms. The van der Waals surface area contributed by atoms with Crippen LogP contribution in [0, 0.1) is 0 Å². The smallest absolute Gasteiger partial charge is 0.232 e. The van der Waals surface area contributed by atoms with Crippen molar-refractivity contribution in [1.29, 1.82) is 0 Å². The van der Waals surface area contributed by atoms with Crippen molar-refractivity contribution in [3.63, 3.8) is 0 Å². The van der Waals surface area contributed by atoms with Crippen LogP contribution in [0.1, 0.15) is 20.3 Å². The second kappa shape index (κ2) is 9.18. The van der Waals surface area contributed by atoms with Crippen molar-refractivity contribution in [1.82, 2.24) is 9.80 Å². The number of benzene rings is 1. The van der Waals surface area contributed by atoms with E-state index >= 15 is 0 Å². The first-order valence-corrected chi connectivity index (χ1v) is 10.9. The first kappa shape index (κ1) is 21.2. The van der Waals surface area contributed by atoms with E-state index in [0.29, 0.717) is 24.5 Å². The molecule has 0 radical (unpaired) electrons. The molecule has 1 aromatic rings. The minimum Gasteiger partial charge on any atom is -0.340 e.